The number of anilines is 6. The Hall–Kier alpha value is -3.14. The number of nitrogens with one attached hydrogen (secondary N) is 2. The molecule has 110 valence electrons. The fraction of sp³-hybridized carbons (Fsp3) is 0. The summed E-state index contributed by atoms with van der Waals surface area (Å²) in [5.41, 5.74) is 17.0. The van der Waals surface area contributed by atoms with Gasteiger partial charge in [-0.2, -0.15) is 0 Å². The van der Waals surface area contributed by atoms with Gasteiger partial charge in [0.05, 0.1) is 0 Å². The largest absolute Gasteiger partial charge is 0.399 e. The molecule has 4 nitrogen and oxygen atoms in total. The Morgan fingerprint density at radius 1 is 0.500 bits per heavy atom. The summed E-state index contributed by atoms with van der Waals surface area (Å²) in [7, 11) is 0. The Morgan fingerprint density at radius 3 is 1.27 bits per heavy atom. The molecule has 0 fully saturated rings. The molecule has 4 heteroatoms. The van der Waals surface area contributed by atoms with E-state index in [0.717, 1.165) is 34.1 Å². The standard InChI is InChI=1S/C18H18N4/c19-13-3-1-5-17(11-13)21-15-7-9-16(10-8-15)22-18-6-2-4-14(20)12-18/h1-12,21-22H,19-20H2. The molecule has 0 aliphatic rings. The molecule has 3 rings (SSSR count). The van der Waals surface area contributed by atoms with Crippen molar-refractivity contribution in [2.75, 3.05) is 22.1 Å². The summed E-state index contributed by atoms with van der Waals surface area (Å²) in [5, 5.41) is 6.63. The van der Waals surface area contributed by atoms with Gasteiger partial charge in [-0.05, 0) is 60.7 Å². The van der Waals surface area contributed by atoms with E-state index in [1.165, 1.54) is 0 Å². The molecule has 0 spiro atoms. The van der Waals surface area contributed by atoms with Crippen LogP contribution in [0.1, 0.15) is 0 Å². The van der Waals surface area contributed by atoms with Crippen molar-refractivity contribution in [3.63, 3.8) is 0 Å². The average molecular weight is 290 g/mol. The van der Waals surface area contributed by atoms with Gasteiger partial charge >= 0.3 is 0 Å². The van der Waals surface area contributed by atoms with Crippen molar-refractivity contribution in [1.29, 1.82) is 0 Å². The topological polar surface area (TPSA) is 76.1 Å². The van der Waals surface area contributed by atoms with Gasteiger partial charge in [-0.25, -0.2) is 0 Å². The summed E-state index contributed by atoms with van der Waals surface area (Å²) in [5.74, 6) is 0. The molecule has 0 bridgehead atoms. The first-order valence-electron chi connectivity index (χ1n) is 7.04. The Kier molecular flexibility index (Phi) is 3.83. The van der Waals surface area contributed by atoms with Crippen molar-refractivity contribution in [3.8, 4) is 0 Å². The Morgan fingerprint density at radius 2 is 0.909 bits per heavy atom. The minimum absolute atomic E-state index is 0.741. The zero-order valence-electron chi connectivity index (χ0n) is 12.1. The Labute approximate surface area is 129 Å². The van der Waals surface area contributed by atoms with Crippen LogP contribution in [-0.2, 0) is 0 Å². The van der Waals surface area contributed by atoms with Crippen molar-refractivity contribution in [3.05, 3.63) is 72.8 Å². The molecule has 3 aromatic rings. The minimum Gasteiger partial charge on any atom is -0.399 e. The highest BCUT2D eigenvalue weighted by Crippen LogP contribution is 2.23. The lowest BCUT2D eigenvalue weighted by Crippen LogP contribution is -1.94. The molecule has 0 unspecified atom stereocenters. The molecule has 0 aliphatic carbocycles. The molecule has 0 saturated carbocycles. The second kappa shape index (κ2) is 6.10. The van der Waals surface area contributed by atoms with Crippen LogP contribution in [0.4, 0.5) is 34.1 Å². The minimum atomic E-state index is 0.741. The summed E-state index contributed by atoms with van der Waals surface area (Å²) >= 11 is 0. The monoisotopic (exact) mass is 290 g/mol. The zero-order chi connectivity index (χ0) is 15.4. The van der Waals surface area contributed by atoms with E-state index in [1.54, 1.807) is 0 Å². The van der Waals surface area contributed by atoms with E-state index in [-0.39, 0.29) is 0 Å². The van der Waals surface area contributed by atoms with E-state index >= 15 is 0 Å². The van der Waals surface area contributed by atoms with Crippen molar-refractivity contribution in [2.45, 2.75) is 0 Å². The fourth-order valence-electron chi connectivity index (χ4n) is 2.20. The molecular formula is C18H18N4. The summed E-state index contributed by atoms with van der Waals surface area (Å²) in [6.45, 7) is 0. The van der Waals surface area contributed by atoms with Crippen LogP contribution in [0.25, 0.3) is 0 Å². The summed E-state index contributed by atoms with van der Waals surface area (Å²) in [6, 6.07) is 23.4. The molecule has 0 heterocycles. The van der Waals surface area contributed by atoms with E-state index in [1.807, 2.05) is 72.8 Å². The van der Waals surface area contributed by atoms with E-state index in [9.17, 15) is 0 Å². The maximum atomic E-state index is 5.77. The number of nitrogen functional groups attached to an aromatic ring is 2. The number of rotatable bonds is 4. The molecule has 3 aromatic carbocycles. The van der Waals surface area contributed by atoms with E-state index in [2.05, 4.69) is 10.6 Å². The lowest BCUT2D eigenvalue weighted by atomic mass is 10.2. The SMILES string of the molecule is Nc1cccc(Nc2ccc(Nc3cccc(N)c3)cc2)c1. The molecule has 0 aliphatic heterocycles. The van der Waals surface area contributed by atoms with Crippen LogP contribution < -0.4 is 22.1 Å². The van der Waals surface area contributed by atoms with Crippen LogP contribution in [-0.4, -0.2) is 0 Å². The van der Waals surface area contributed by atoms with Gasteiger partial charge in [-0.1, -0.05) is 12.1 Å². The first-order valence-corrected chi connectivity index (χ1v) is 7.04. The predicted molar refractivity (Wildman–Crippen MR) is 94.7 cm³/mol. The molecule has 0 radical (unpaired) electrons. The van der Waals surface area contributed by atoms with Crippen molar-refractivity contribution >= 4 is 34.1 Å². The highest BCUT2D eigenvalue weighted by Gasteiger charge is 1.98. The van der Waals surface area contributed by atoms with Gasteiger partial charge in [0.2, 0.25) is 0 Å². The van der Waals surface area contributed by atoms with Crippen LogP contribution in [0.2, 0.25) is 0 Å². The fourth-order valence-corrected chi connectivity index (χ4v) is 2.20. The van der Waals surface area contributed by atoms with E-state index in [4.69, 9.17) is 11.5 Å². The Balaban J connectivity index is 1.70. The number of hydrogen-bond acceptors (Lipinski definition) is 4. The van der Waals surface area contributed by atoms with E-state index in [0.29, 0.717) is 0 Å². The third-order valence-electron chi connectivity index (χ3n) is 3.24. The molecular weight excluding hydrogens is 272 g/mol. The lowest BCUT2D eigenvalue weighted by molar-refractivity contribution is 1.52. The third kappa shape index (κ3) is 3.49. The molecule has 0 atom stereocenters. The van der Waals surface area contributed by atoms with Crippen LogP contribution >= 0.6 is 0 Å². The highest BCUT2D eigenvalue weighted by molar-refractivity contribution is 5.68. The van der Waals surface area contributed by atoms with Crippen molar-refractivity contribution in [1.82, 2.24) is 0 Å². The molecule has 0 saturated heterocycles. The maximum Gasteiger partial charge on any atom is 0.0404 e. The van der Waals surface area contributed by atoms with Crippen molar-refractivity contribution in [2.24, 2.45) is 0 Å². The average Bonchev–Trinajstić information content (AvgIpc) is 2.49. The van der Waals surface area contributed by atoms with Crippen molar-refractivity contribution < 1.29 is 0 Å². The highest BCUT2D eigenvalue weighted by atomic mass is 14.9. The summed E-state index contributed by atoms with van der Waals surface area (Å²) in [6.07, 6.45) is 0. The van der Waals surface area contributed by atoms with Gasteiger partial charge in [0.25, 0.3) is 0 Å². The smallest absolute Gasteiger partial charge is 0.0404 e. The van der Waals surface area contributed by atoms with Gasteiger partial charge in [0, 0.05) is 34.1 Å². The molecule has 0 aromatic heterocycles. The predicted octanol–water partition coefficient (Wildman–Crippen LogP) is 4.34. The second-order valence-corrected chi connectivity index (χ2v) is 5.08. The molecule has 22 heavy (non-hydrogen) atoms. The normalized spacial score (nSPS) is 10.2. The van der Waals surface area contributed by atoms with Gasteiger partial charge in [0.15, 0.2) is 0 Å². The van der Waals surface area contributed by atoms with E-state index < -0.39 is 0 Å². The molecule has 6 N–H and O–H groups in total. The van der Waals surface area contributed by atoms with Gasteiger partial charge in [-0.3, -0.25) is 0 Å². The quantitative estimate of drug-likeness (QED) is 0.539. The molecule has 0 amide bonds. The first-order chi connectivity index (χ1) is 10.7. The number of benzene rings is 3. The van der Waals surface area contributed by atoms with Gasteiger partial charge in [-0.15, -0.1) is 0 Å². The van der Waals surface area contributed by atoms with Crippen LogP contribution in [0.15, 0.2) is 72.8 Å². The van der Waals surface area contributed by atoms with Crippen LogP contribution in [0, 0.1) is 0 Å². The van der Waals surface area contributed by atoms with Gasteiger partial charge in [0.1, 0.15) is 0 Å². The lowest BCUT2D eigenvalue weighted by Gasteiger charge is -2.10. The maximum absolute atomic E-state index is 5.77. The van der Waals surface area contributed by atoms with Gasteiger partial charge < -0.3 is 22.1 Å². The number of nitrogens with two attached hydrogens (primary N) is 2. The summed E-state index contributed by atoms with van der Waals surface area (Å²) < 4.78 is 0. The zero-order valence-corrected chi connectivity index (χ0v) is 12.1. The van der Waals surface area contributed by atoms with Crippen LogP contribution in [0.3, 0.4) is 0 Å². The third-order valence-corrected chi connectivity index (χ3v) is 3.24. The summed E-state index contributed by atoms with van der Waals surface area (Å²) in [4.78, 5) is 0. The van der Waals surface area contributed by atoms with Crippen LogP contribution in [0.5, 0.6) is 0 Å². The second-order valence-electron chi connectivity index (χ2n) is 5.08. The Bertz CT molecular complexity index is 700. The first kappa shape index (κ1) is 13.8. The number of hydrogen-bond donors (Lipinski definition) is 4.